The first-order chi connectivity index (χ1) is 11.4. The maximum absolute atomic E-state index is 11.1. The van der Waals surface area contributed by atoms with Crippen LogP contribution in [0.3, 0.4) is 0 Å². The van der Waals surface area contributed by atoms with Crippen molar-refractivity contribution in [2.24, 2.45) is 5.14 Å². The molecule has 1 fully saturated rings. The first kappa shape index (κ1) is 17.1. The molecule has 1 aromatic heterocycles. The van der Waals surface area contributed by atoms with Crippen LogP contribution in [0.1, 0.15) is 24.4 Å². The summed E-state index contributed by atoms with van der Waals surface area (Å²) in [6, 6.07) is 10.1. The number of nitrogens with one attached hydrogen (secondary N) is 1. The van der Waals surface area contributed by atoms with Gasteiger partial charge in [0.2, 0.25) is 0 Å². The molecule has 1 saturated heterocycles. The van der Waals surface area contributed by atoms with E-state index in [0.717, 1.165) is 49.7 Å². The molecule has 0 amide bonds. The summed E-state index contributed by atoms with van der Waals surface area (Å²) < 4.78 is 26.9. The second-order valence-corrected chi connectivity index (χ2v) is 7.51. The van der Waals surface area contributed by atoms with Gasteiger partial charge in [0.25, 0.3) is 10.2 Å². The number of hydrogen-bond donors (Lipinski definition) is 2. The lowest BCUT2D eigenvalue weighted by molar-refractivity contribution is 0.197. The van der Waals surface area contributed by atoms with Crippen molar-refractivity contribution < 1.29 is 8.42 Å². The lowest BCUT2D eigenvalue weighted by Gasteiger charge is -2.31. The van der Waals surface area contributed by atoms with Crippen molar-refractivity contribution in [3.8, 4) is 5.69 Å². The summed E-state index contributed by atoms with van der Waals surface area (Å²) in [5.41, 5.74) is 2.24. The largest absolute Gasteiger partial charge is 0.300 e. The normalized spacial score (nSPS) is 17.2. The van der Waals surface area contributed by atoms with Crippen LogP contribution in [0.4, 0.5) is 0 Å². The van der Waals surface area contributed by atoms with Crippen molar-refractivity contribution in [1.29, 1.82) is 0 Å². The molecule has 0 radical (unpaired) electrons. The lowest BCUT2D eigenvalue weighted by Crippen LogP contribution is -2.46. The monoisotopic (exact) mass is 349 g/mol. The molecule has 8 heteroatoms. The average molecular weight is 349 g/mol. The molecule has 2 heterocycles. The van der Waals surface area contributed by atoms with Crippen molar-refractivity contribution in [2.75, 3.05) is 13.1 Å². The molecule has 130 valence electrons. The fraction of sp³-hybridized carbons (Fsp3) is 0.438. The summed E-state index contributed by atoms with van der Waals surface area (Å²) in [4.78, 5) is 6.77. The fourth-order valence-electron chi connectivity index (χ4n) is 3.20. The van der Waals surface area contributed by atoms with E-state index in [1.54, 1.807) is 0 Å². The van der Waals surface area contributed by atoms with Crippen LogP contribution < -0.4 is 9.86 Å². The summed E-state index contributed by atoms with van der Waals surface area (Å²) in [7, 11) is -3.62. The minimum atomic E-state index is -3.62. The highest BCUT2D eigenvalue weighted by molar-refractivity contribution is 7.87. The van der Waals surface area contributed by atoms with E-state index in [-0.39, 0.29) is 6.04 Å². The van der Waals surface area contributed by atoms with Crippen LogP contribution in [0.5, 0.6) is 0 Å². The lowest BCUT2D eigenvalue weighted by atomic mass is 10.1. The first-order valence-electron chi connectivity index (χ1n) is 8.03. The predicted octanol–water partition coefficient (Wildman–Crippen LogP) is 0.938. The van der Waals surface area contributed by atoms with Crippen molar-refractivity contribution in [2.45, 2.75) is 32.4 Å². The van der Waals surface area contributed by atoms with Crippen LogP contribution in [0.2, 0.25) is 0 Å². The van der Waals surface area contributed by atoms with Crippen molar-refractivity contribution in [1.82, 2.24) is 19.2 Å². The van der Waals surface area contributed by atoms with Gasteiger partial charge in [-0.05, 0) is 31.9 Å². The number of rotatable bonds is 5. The van der Waals surface area contributed by atoms with Crippen molar-refractivity contribution in [3.05, 3.63) is 48.0 Å². The fourth-order valence-corrected chi connectivity index (χ4v) is 3.90. The third-order valence-electron chi connectivity index (χ3n) is 4.33. The minimum Gasteiger partial charge on any atom is -0.300 e. The summed E-state index contributed by atoms with van der Waals surface area (Å²) in [6.45, 7) is 4.44. The van der Waals surface area contributed by atoms with E-state index in [1.165, 1.54) is 0 Å². The second kappa shape index (κ2) is 7.02. The van der Waals surface area contributed by atoms with Gasteiger partial charge in [-0.25, -0.2) is 10.1 Å². The third-order valence-corrected chi connectivity index (χ3v) is 4.99. The number of imidazole rings is 1. The second-order valence-electron chi connectivity index (χ2n) is 6.18. The molecule has 3 rings (SSSR count). The maximum atomic E-state index is 11.1. The molecule has 0 unspecified atom stereocenters. The Morgan fingerprint density at radius 2 is 1.92 bits per heavy atom. The number of nitrogens with zero attached hydrogens (tertiary/aromatic N) is 3. The zero-order valence-corrected chi connectivity index (χ0v) is 14.5. The Morgan fingerprint density at radius 1 is 1.25 bits per heavy atom. The smallest absolute Gasteiger partial charge is 0.274 e. The third kappa shape index (κ3) is 4.21. The van der Waals surface area contributed by atoms with E-state index in [9.17, 15) is 8.42 Å². The molecular weight excluding hydrogens is 326 g/mol. The molecule has 0 saturated carbocycles. The number of piperidine rings is 1. The Morgan fingerprint density at radius 3 is 2.54 bits per heavy atom. The number of benzene rings is 1. The number of hydrogen-bond acceptors (Lipinski definition) is 4. The van der Waals surface area contributed by atoms with Gasteiger partial charge in [-0.3, -0.25) is 9.47 Å². The van der Waals surface area contributed by atoms with E-state index in [2.05, 4.69) is 31.3 Å². The average Bonchev–Trinajstić information content (AvgIpc) is 2.89. The molecule has 0 bridgehead atoms. The number of aryl methyl sites for hydroxylation is 1. The van der Waals surface area contributed by atoms with Gasteiger partial charge in [-0.1, -0.05) is 18.2 Å². The Bertz CT molecular complexity index is 780. The molecule has 1 aliphatic rings. The van der Waals surface area contributed by atoms with Gasteiger partial charge in [0.15, 0.2) is 0 Å². The first-order valence-corrected chi connectivity index (χ1v) is 9.58. The zero-order valence-electron chi connectivity index (χ0n) is 13.7. The number of nitrogens with two attached hydrogens (primary N) is 1. The Balaban J connectivity index is 1.66. The van der Waals surface area contributed by atoms with E-state index in [0.29, 0.717) is 0 Å². The molecule has 24 heavy (non-hydrogen) atoms. The van der Waals surface area contributed by atoms with Crippen LogP contribution >= 0.6 is 0 Å². The van der Waals surface area contributed by atoms with Crippen LogP contribution in [0.15, 0.2) is 36.5 Å². The topological polar surface area (TPSA) is 93.2 Å². The van der Waals surface area contributed by atoms with E-state index in [1.807, 2.05) is 31.3 Å². The minimum absolute atomic E-state index is 0.0722. The molecule has 7 nitrogen and oxygen atoms in total. The highest BCUT2D eigenvalue weighted by atomic mass is 32.2. The number of para-hydroxylation sites is 1. The van der Waals surface area contributed by atoms with Crippen molar-refractivity contribution in [3.63, 3.8) is 0 Å². The van der Waals surface area contributed by atoms with Gasteiger partial charge in [0, 0.05) is 31.4 Å². The number of likely N-dealkylation sites (tertiary alicyclic amines) is 1. The molecule has 0 atom stereocenters. The predicted molar refractivity (Wildman–Crippen MR) is 92.8 cm³/mol. The Hall–Kier alpha value is -1.74. The zero-order chi connectivity index (χ0) is 17.2. The highest BCUT2D eigenvalue weighted by Crippen LogP contribution is 2.18. The van der Waals surface area contributed by atoms with Gasteiger partial charge in [0.1, 0.15) is 5.82 Å². The summed E-state index contributed by atoms with van der Waals surface area (Å²) in [5.74, 6) is 0.960. The Kier molecular flexibility index (Phi) is 5.00. The molecule has 1 aromatic carbocycles. The van der Waals surface area contributed by atoms with Gasteiger partial charge in [-0.2, -0.15) is 13.1 Å². The molecule has 1 aliphatic heterocycles. The molecule has 3 N–H and O–H groups in total. The standard InChI is InChI=1S/C16H23N5O2S/c1-13-18-11-16(21(13)15-5-3-2-4-6-15)12-20-9-7-14(8-10-20)19-24(17,22)23/h2-6,11,14,19H,7-10,12H2,1H3,(H2,17,22,23). The van der Waals surface area contributed by atoms with Gasteiger partial charge < -0.3 is 0 Å². The Labute approximate surface area is 142 Å². The quantitative estimate of drug-likeness (QED) is 0.840. The van der Waals surface area contributed by atoms with Crippen LogP contribution in [-0.4, -0.2) is 42.0 Å². The summed E-state index contributed by atoms with van der Waals surface area (Å²) in [5, 5.41) is 5.05. The van der Waals surface area contributed by atoms with E-state index < -0.39 is 10.2 Å². The SMILES string of the molecule is Cc1ncc(CN2CCC(NS(N)(=O)=O)CC2)n1-c1ccccc1. The van der Waals surface area contributed by atoms with Crippen LogP contribution in [-0.2, 0) is 16.8 Å². The summed E-state index contributed by atoms with van der Waals surface area (Å²) in [6.07, 6.45) is 3.43. The highest BCUT2D eigenvalue weighted by Gasteiger charge is 2.23. The molecule has 2 aromatic rings. The van der Waals surface area contributed by atoms with Crippen molar-refractivity contribution >= 4 is 10.2 Å². The maximum Gasteiger partial charge on any atom is 0.274 e. The molecule has 0 aliphatic carbocycles. The van der Waals surface area contributed by atoms with E-state index in [4.69, 9.17) is 5.14 Å². The summed E-state index contributed by atoms with van der Waals surface area (Å²) >= 11 is 0. The van der Waals surface area contributed by atoms with Crippen LogP contribution in [0, 0.1) is 6.92 Å². The van der Waals surface area contributed by atoms with Gasteiger partial charge >= 0.3 is 0 Å². The van der Waals surface area contributed by atoms with E-state index >= 15 is 0 Å². The number of aromatic nitrogens is 2. The molecular formula is C16H23N5O2S. The van der Waals surface area contributed by atoms with Gasteiger partial charge in [0.05, 0.1) is 11.9 Å². The van der Waals surface area contributed by atoms with Gasteiger partial charge in [-0.15, -0.1) is 0 Å². The van der Waals surface area contributed by atoms with Crippen LogP contribution in [0.25, 0.3) is 5.69 Å². The molecule has 0 spiro atoms.